The van der Waals surface area contributed by atoms with E-state index in [9.17, 15) is 28.6 Å². The number of benzene rings is 2. The van der Waals surface area contributed by atoms with Crippen molar-refractivity contribution in [2.24, 2.45) is 0 Å². The summed E-state index contributed by atoms with van der Waals surface area (Å²) in [5, 5.41) is 19.3. The van der Waals surface area contributed by atoms with E-state index in [-0.39, 0.29) is 27.7 Å². The molecule has 26 heavy (non-hydrogen) atoms. The molecule has 5 nitrogen and oxygen atoms in total. The second kappa shape index (κ2) is 6.25. The Morgan fingerprint density at radius 3 is 2.46 bits per heavy atom. The van der Waals surface area contributed by atoms with Crippen LogP contribution in [0.1, 0.15) is 34.5 Å². The first-order valence-electron chi connectivity index (χ1n) is 7.79. The summed E-state index contributed by atoms with van der Waals surface area (Å²) < 4.78 is 28.5. The van der Waals surface area contributed by atoms with Crippen molar-refractivity contribution < 1.29 is 28.6 Å². The molecule has 0 bridgehead atoms. The monoisotopic (exact) mass is 359 g/mol. The number of aliphatic carboxylic acids is 1. The first-order valence-corrected chi connectivity index (χ1v) is 7.79. The topological polar surface area (TPSA) is 79.5 Å². The normalized spacial score (nSPS) is 12.3. The van der Waals surface area contributed by atoms with Gasteiger partial charge in [-0.15, -0.1) is 0 Å². The van der Waals surface area contributed by atoms with Crippen LogP contribution >= 0.6 is 0 Å². The number of hydrogen-bond acceptors (Lipinski definition) is 3. The van der Waals surface area contributed by atoms with E-state index in [0.29, 0.717) is 0 Å². The van der Waals surface area contributed by atoms with Crippen molar-refractivity contribution in [2.75, 3.05) is 0 Å². The Morgan fingerprint density at radius 2 is 1.85 bits per heavy atom. The molecule has 0 saturated heterocycles. The maximum Gasteiger partial charge on any atom is 0.310 e. The number of carboxylic acids is 1. The van der Waals surface area contributed by atoms with Gasteiger partial charge in [0.05, 0.1) is 11.4 Å². The van der Waals surface area contributed by atoms with Gasteiger partial charge in [0.25, 0.3) is 5.91 Å². The van der Waals surface area contributed by atoms with Crippen LogP contribution in [0.4, 0.5) is 8.78 Å². The Morgan fingerprint density at radius 1 is 1.15 bits per heavy atom. The highest BCUT2D eigenvalue weighted by atomic mass is 19.1. The van der Waals surface area contributed by atoms with E-state index >= 15 is 0 Å². The number of phenolic OH excluding ortho intramolecular Hbond substituents is 1. The molecule has 1 atom stereocenters. The molecule has 3 aromatic rings. The molecule has 0 amide bonds. The van der Waals surface area contributed by atoms with Crippen LogP contribution in [0.3, 0.4) is 0 Å². The second-order valence-corrected chi connectivity index (χ2v) is 6.03. The third-order valence-electron chi connectivity index (χ3n) is 4.40. The zero-order chi connectivity index (χ0) is 19.2. The number of halogens is 2. The first-order chi connectivity index (χ1) is 12.2. The van der Waals surface area contributed by atoms with Gasteiger partial charge in [0.2, 0.25) is 0 Å². The Kier molecular flexibility index (Phi) is 4.23. The standard InChI is InChI=1S/C19H15F2NO4/c1-9(19(25)26)17-10(2)22(15-8-14(21)16(23)7-13(15)17)18(24)11-4-3-5-12(20)6-11/h3-9,23H,1-2H3,(H,25,26)/t9-/m1/s1. The zero-order valence-electron chi connectivity index (χ0n) is 14.0. The molecule has 1 aromatic heterocycles. The third kappa shape index (κ3) is 2.71. The van der Waals surface area contributed by atoms with Gasteiger partial charge in [0.15, 0.2) is 11.6 Å². The highest BCUT2D eigenvalue weighted by Crippen LogP contribution is 2.35. The number of nitrogens with zero attached hydrogens (tertiary/aromatic N) is 1. The highest BCUT2D eigenvalue weighted by Gasteiger charge is 2.27. The number of carboxylic acid groups (broad SMARTS) is 1. The average Bonchev–Trinajstić information content (AvgIpc) is 2.85. The Bertz CT molecular complexity index is 1060. The number of fused-ring (bicyclic) bond motifs is 1. The van der Waals surface area contributed by atoms with Crippen molar-refractivity contribution in [1.29, 1.82) is 0 Å². The predicted molar refractivity (Wildman–Crippen MR) is 90.5 cm³/mol. The minimum atomic E-state index is -1.13. The quantitative estimate of drug-likeness (QED) is 0.745. The summed E-state index contributed by atoms with van der Waals surface area (Å²) in [4.78, 5) is 24.4. The lowest BCUT2D eigenvalue weighted by molar-refractivity contribution is -0.138. The SMILES string of the molecule is Cc1c([C@@H](C)C(=O)O)c2cc(O)c(F)cc2n1C(=O)c1cccc(F)c1. The first kappa shape index (κ1) is 17.6. The molecular weight excluding hydrogens is 344 g/mol. The van der Waals surface area contributed by atoms with E-state index in [4.69, 9.17) is 0 Å². The van der Waals surface area contributed by atoms with Crippen molar-refractivity contribution in [2.45, 2.75) is 19.8 Å². The molecule has 0 radical (unpaired) electrons. The number of aromatic nitrogens is 1. The molecule has 0 unspecified atom stereocenters. The summed E-state index contributed by atoms with van der Waals surface area (Å²) in [6, 6.07) is 7.08. The number of carbonyl (C=O) groups excluding carboxylic acids is 1. The van der Waals surface area contributed by atoms with Crippen molar-refractivity contribution in [1.82, 2.24) is 4.57 Å². The van der Waals surface area contributed by atoms with Crippen molar-refractivity contribution >= 4 is 22.8 Å². The van der Waals surface area contributed by atoms with Gasteiger partial charge < -0.3 is 10.2 Å². The van der Waals surface area contributed by atoms with Crippen molar-refractivity contribution in [3.63, 3.8) is 0 Å². The Labute approximate surface area is 147 Å². The maximum atomic E-state index is 13.9. The van der Waals surface area contributed by atoms with Gasteiger partial charge in [-0.1, -0.05) is 6.07 Å². The number of rotatable bonds is 3. The van der Waals surface area contributed by atoms with Gasteiger partial charge >= 0.3 is 5.97 Å². The van der Waals surface area contributed by atoms with E-state index < -0.39 is 35.2 Å². The van der Waals surface area contributed by atoms with E-state index in [2.05, 4.69) is 0 Å². The average molecular weight is 359 g/mol. The van der Waals surface area contributed by atoms with E-state index in [1.165, 1.54) is 32.0 Å². The van der Waals surface area contributed by atoms with Crippen LogP contribution in [0.15, 0.2) is 36.4 Å². The van der Waals surface area contributed by atoms with Crippen LogP contribution in [0, 0.1) is 18.6 Å². The molecule has 134 valence electrons. The number of hydrogen-bond donors (Lipinski definition) is 2. The van der Waals surface area contributed by atoms with Crippen LogP contribution in [0.25, 0.3) is 10.9 Å². The number of phenols is 1. The largest absolute Gasteiger partial charge is 0.505 e. The molecule has 0 fully saturated rings. The van der Waals surface area contributed by atoms with Gasteiger partial charge in [-0.25, -0.2) is 8.78 Å². The third-order valence-corrected chi connectivity index (χ3v) is 4.40. The smallest absolute Gasteiger partial charge is 0.310 e. The van der Waals surface area contributed by atoms with Crippen molar-refractivity contribution in [3.8, 4) is 5.75 Å². The summed E-state index contributed by atoms with van der Waals surface area (Å²) in [6.07, 6.45) is 0. The fourth-order valence-corrected chi connectivity index (χ4v) is 3.13. The number of carbonyl (C=O) groups is 2. The van der Waals surface area contributed by atoms with E-state index in [0.717, 1.165) is 22.8 Å². The van der Waals surface area contributed by atoms with E-state index in [1.54, 1.807) is 0 Å². The van der Waals surface area contributed by atoms with Gasteiger partial charge in [-0.3, -0.25) is 14.2 Å². The molecule has 0 aliphatic rings. The number of aromatic hydroxyl groups is 1. The Hall–Kier alpha value is -3.22. The second-order valence-electron chi connectivity index (χ2n) is 6.03. The maximum absolute atomic E-state index is 13.9. The molecule has 0 saturated carbocycles. The summed E-state index contributed by atoms with van der Waals surface area (Å²) >= 11 is 0. The lowest BCUT2D eigenvalue weighted by Crippen LogP contribution is -2.15. The van der Waals surface area contributed by atoms with Crippen LogP contribution in [-0.2, 0) is 4.79 Å². The molecule has 0 aliphatic carbocycles. The molecule has 0 spiro atoms. The van der Waals surface area contributed by atoms with E-state index in [1.807, 2.05) is 0 Å². The minimum Gasteiger partial charge on any atom is -0.505 e. The zero-order valence-corrected chi connectivity index (χ0v) is 14.0. The van der Waals surface area contributed by atoms with Crippen LogP contribution in [0.2, 0.25) is 0 Å². The minimum absolute atomic E-state index is 0.0352. The highest BCUT2D eigenvalue weighted by molar-refractivity contribution is 6.05. The van der Waals surface area contributed by atoms with Gasteiger partial charge in [0.1, 0.15) is 5.82 Å². The van der Waals surface area contributed by atoms with Crippen molar-refractivity contribution in [3.05, 3.63) is 64.9 Å². The molecule has 1 heterocycles. The molecule has 2 aromatic carbocycles. The fraction of sp³-hybridized carbons (Fsp3) is 0.158. The van der Waals surface area contributed by atoms with Crippen LogP contribution in [-0.4, -0.2) is 26.7 Å². The fourth-order valence-electron chi connectivity index (χ4n) is 3.13. The summed E-state index contributed by atoms with van der Waals surface area (Å²) in [5.41, 5.74) is 0.713. The summed E-state index contributed by atoms with van der Waals surface area (Å²) in [7, 11) is 0. The Balaban J connectivity index is 2.35. The van der Waals surface area contributed by atoms with Gasteiger partial charge in [0, 0.05) is 22.7 Å². The molecule has 7 heteroatoms. The lowest BCUT2D eigenvalue weighted by Gasteiger charge is -2.09. The molecule has 3 rings (SSSR count). The van der Waals surface area contributed by atoms with Gasteiger partial charge in [-0.05, 0) is 43.7 Å². The summed E-state index contributed by atoms with van der Waals surface area (Å²) in [5.74, 6) is -4.95. The summed E-state index contributed by atoms with van der Waals surface area (Å²) in [6.45, 7) is 2.96. The molecule has 0 aliphatic heterocycles. The lowest BCUT2D eigenvalue weighted by atomic mass is 9.98. The molecule has 2 N–H and O–H groups in total. The van der Waals surface area contributed by atoms with Gasteiger partial charge in [-0.2, -0.15) is 0 Å². The molecular formula is C19H15F2NO4. The predicted octanol–water partition coefficient (Wildman–Crippen LogP) is 3.81. The van der Waals surface area contributed by atoms with Crippen LogP contribution < -0.4 is 0 Å². The van der Waals surface area contributed by atoms with Crippen LogP contribution in [0.5, 0.6) is 5.75 Å².